The zero-order valence-electron chi connectivity index (χ0n) is 23.5. The fraction of sp³-hybridized carbons (Fsp3) is 0.100. The number of aromatic nitrogens is 1. The van der Waals surface area contributed by atoms with Crippen LogP contribution in [0.3, 0.4) is 0 Å². The van der Waals surface area contributed by atoms with Gasteiger partial charge in [-0.25, -0.2) is 0 Å². The Balaban J connectivity index is 1.59. The van der Waals surface area contributed by atoms with Crippen LogP contribution in [-0.4, -0.2) is 4.57 Å². The van der Waals surface area contributed by atoms with Crippen LogP contribution in [-0.2, 0) is 5.54 Å². The first kappa shape index (κ1) is 22.9. The molecule has 0 saturated heterocycles. The SMILES string of the molecule is Cc1ccc(-c2c(-c3ccc(C)cc3)c3n4c2-c2cccc5cccc(c25)C4(C)c2cccc4cccc-3c24)cc1. The van der Waals surface area contributed by atoms with Gasteiger partial charge in [0.15, 0.2) is 0 Å². The molecule has 0 N–H and O–H groups in total. The van der Waals surface area contributed by atoms with Crippen LogP contribution in [0.2, 0.25) is 0 Å². The highest BCUT2D eigenvalue weighted by Crippen LogP contribution is 2.61. The summed E-state index contributed by atoms with van der Waals surface area (Å²) in [6.07, 6.45) is 0. The summed E-state index contributed by atoms with van der Waals surface area (Å²) in [6, 6.07) is 45.7. The average molecular weight is 524 g/mol. The van der Waals surface area contributed by atoms with Gasteiger partial charge >= 0.3 is 0 Å². The molecule has 0 spiro atoms. The summed E-state index contributed by atoms with van der Waals surface area (Å²) in [4.78, 5) is 0. The molecule has 194 valence electrons. The molecule has 0 fully saturated rings. The summed E-state index contributed by atoms with van der Waals surface area (Å²) in [5.41, 5.74) is 15.4. The Labute approximate surface area is 240 Å². The average Bonchev–Trinajstić information content (AvgIpc) is 3.37. The molecule has 0 aliphatic carbocycles. The molecule has 0 bridgehead atoms. The lowest BCUT2D eigenvalue weighted by atomic mass is 9.73. The Hall–Kier alpha value is -4.88. The first-order chi connectivity index (χ1) is 20.1. The summed E-state index contributed by atoms with van der Waals surface area (Å²) in [7, 11) is 0. The summed E-state index contributed by atoms with van der Waals surface area (Å²) >= 11 is 0. The van der Waals surface area contributed by atoms with Crippen molar-refractivity contribution < 1.29 is 0 Å². The minimum Gasteiger partial charge on any atom is -0.325 e. The van der Waals surface area contributed by atoms with Gasteiger partial charge < -0.3 is 4.57 Å². The molecule has 2 aliphatic rings. The minimum atomic E-state index is -0.366. The fourth-order valence-electron chi connectivity index (χ4n) is 7.81. The molecule has 1 aromatic heterocycles. The Kier molecular flexibility index (Phi) is 4.39. The van der Waals surface area contributed by atoms with Gasteiger partial charge in [-0.3, -0.25) is 0 Å². The summed E-state index contributed by atoms with van der Waals surface area (Å²) in [6.45, 7) is 6.79. The van der Waals surface area contributed by atoms with Crippen molar-refractivity contribution in [1.82, 2.24) is 4.57 Å². The zero-order valence-corrected chi connectivity index (χ0v) is 23.5. The lowest BCUT2D eigenvalue weighted by molar-refractivity contribution is 0.487. The number of aryl methyl sites for hydroxylation is 2. The van der Waals surface area contributed by atoms with Crippen molar-refractivity contribution in [3.05, 3.63) is 144 Å². The van der Waals surface area contributed by atoms with Crippen LogP contribution in [0.4, 0.5) is 0 Å². The van der Waals surface area contributed by atoms with Crippen LogP contribution in [0.25, 0.3) is 66.3 Å². The Morgan fingerprint density at radius 3 is 1.27 bits per heavy atom. The molecule has 2 aliphatic heterocycles. The van der Waals surface area contributed by atoms with Crippen LogP contribution >= 0.6 is 0 Å². The number of rotatable bonds is 2. The second-order valence-corrected chi connectivity index (χ2v) is 12.0. The largest absolute Gasteiger partial charge is 0.325 e. The Bertz CT molecular complexity index is 2040. The molecule has 0 radical (unpaired) electrons. The quantitative estimate of drug-likeness (QED) is 0.212. The van der Waals surface area contributed by atoms with E-state index in [1.165, 1.54) is 88.6 Å². The van der Waals surface area contributed by atoms with E-state index in [1.54, 1.807) is 0 Å². The molecule has 0 saturated carbocycles. The number of nitrogens with zero attached hydrogens (tertiary/aromatic N) is 1. The standard InChI is InChI=1S/C40H29N/c1-24-16-20-28(21-17-24)36-37(29-22-18-25(2)19-23-29)39-31-13-5-9-27-11-7-15-33(35(27)31)40(3)32-14-6-10-26-8-4-12-30(34(26)32)38(36)41(39)40/h4-23H,1-3H3. The molecule has 3 heterocycles. The van der Waals surface area contributed by atoms with E-state index in [0.717, 1.165) is 0 Å². The number of fused-ring (bicyclic) bond motifs is 4. The zero-order chi connectivity index (χ0) is 27.5. The van der Waals surface area contributed by atoms with E-state index in [2.05, 4.69) is 147 Å². The van der Waals surface area contributed by atoms with Crippen molar-refractivity contribution >= 4 is 21.5 Å². The minimum absolute atomic E-state index is 0.366. The van der Waals surface area contributed by atoms with E-state index in [9.17, 15) is 0 Å². The van der Waals surface area contributed by atoms with Crippen LogP contribution in [0, 0.1) is 13.8 Å². The second-order valence-electron chi connectivity index (χ2n) is 12.0. The van der Waals surface area contributed by atoms with E-state index < -0.39 is 0 Å². The van der Waals surface area contributed by atoms with Gasteiger partial charge in [0.1, 0.15) is 0 Å². The lowest BCUT2D eigenvalue weighted by Crippen LogP contribution is -2.38. The first-order valence-corrected chi connectivity index (χ1v) is 14.5. The van der Waals surface area contributed by atoms with Gasteiger partial charge in [0, 0.05) is 22.3 Å². The molecule has 0 atom stereocenters. The van der Waals surface area contributed by atoms with Crippen molar-refractivity contribution in [2.75, 3.05) is 0 Å². The lowest BCUT2D eigenvalue weighted by Gasteiger charge is -2.44. The number of hydrogen-bond donors (Lipinski definition) is 0. The van der Waals surface area contributed by atoms with Gasteiger partial charge in [0.2, 0.25) is 0 Å². The van der Waals surface area contributed by atoms with E-state index in [0.29, 0.717) is 0 Å². The molecule has 1 heteroatoms. The van der Waals surface area contributed by atoms with Gasteiger partial charge in [-0.2, -0.15) is 0 Å². The monoisotopic (exact) mass is 523 g/mol. The Morgan fingerprint density at radius 2 is 0.854 bits per heavy atom. The number of benzene rings is 6. The summed E-state index contributed by atoms with van der Waals surface area (Å²) < 4.78 is 2.70. The highest BCUT2D eigenvalue weighted by atomic mass is 15.1. The molecule has 41 heavy (non-hydrogen) atoms. The maximum Gasteiger partial charge on any atom is 0.0940 e. The Morgan fingerprint density at radius 1 is 0.463 bits per heavy atom. The summed E-state index contributed by atoms with van der Waals surface area (Å²) in [5.74, 6) is 0. The van der Waals surface area contributed by atoms with Gasteiger partial charge in [-0.05, 0) is 64.6 Å². The van der Waals surface area contributed by atoms with Crippen LogP contribution in [0.1, 0.15) is 29.2 Å². The topological polar surface area (TPSA) is 4.93 Å². The molecule has 1 nitrogen and oxygen atoms in total. The van der Waals surface area contributed by atoms with Crippen molar-refractivity contribution in [3.8, 4) is 44.8 Å². The predicted molar refractivity (Wildman–Crippen MR) is 173 cm³/mol. The normalized spacial score (nSPS) is 13.9. The van der Waals surface area contributed by atoms with Crippen molar-refractivity contribution in [1.29, 1.82) is 0 Å². The third kappa shape index (κ3) is 2.81. The van der Waals surface area contributed by atoms with Crippen molar-refractivity contribution in [2.45, 2.75) is 26.3 Å². The van der Waals surface area contributed by atoms with Crippen LogP contribution in [0.5, 0.6) is 0 Å². The molecule has 9 rings (SSSR count). The van der Waals surface area contributed by atoms with Crippen LogP contribution in [0.15, 0.2) is 121 Å². The third-order valence-electron chi connectivity index (χ3n) is 9.67. The fourth-order valence-corrected chi connectivity index (χ4v) is 7.81. The van der Waals surface area contributed by atoms with Crippen molar-refractivity contribution in [2.24, 2.45) is 0 Å². The van der Waals surface area contributed by atoms with Gasteiger partial charge in [0.05, 0.1) is 16.9 Å². The van der Waals surface area contributed by atoms with Gasteiger partial charge in [0.25, 0.3) is 0 Å². The van der Waals surface area contributed by atoms with Gasteiger partial charge in [-0.1, -0.05) is 132 Å². The smallest absolute Gasteiger partial charge is 0.0940 e. The third-order valence-corrected chi connectivity index (χ3v) is 9.67. The molecular formula is C40H29N. The van der Waals surface area contributed by atoms with E-state index in [1.807, 2.05) is 0 Å². The highest BCUT2D eigenvalue weighted by molar-refractivity contribution is 6.15. The molecular weight excluding hydrogens is 494 g/mol. The molecule has 6 aromatic carbocycles. The first-order valence-electron chi connectivity index (χ1n) is 14.5. The molecule has 7 aromatic rings. The second kappa shape index (κ2) is 7.86. The molecule has 0 amide bonds. The van der Waals surface area contributed by atoms with Crippen LogP contribution < -0.4 is 0 Å². The maximum absolute atomic E-state index is 2.70. The van der Waals surface area contributed by atoms with E-state index in [4.69, 9.17) is 0 Å². The molecule has 0 unspecified atom stereocenters. The maximum atomic E-state index is 2.70. The van der Waals surface area contributed by atoms with Gasteiger partial charge in [-0.15, -0.1) is 0 Å². The number of hydrogen-bond acceptors (Lipinski definition) is 0. The van der Waals surface area contributed by atoms with Crippen molar-refractivity contribution in [3.63, 3.8) is 0 Å². The predicted octanol–water partition coefficient (Wildman–Crippen LogP) is 10.5. The van der Waals surface area contributed by atoms with E-state index >= 15 is 0 Å². The summed E-state index contributed by atoms with van der Waals surface area (Å²) in [5, 5.41) is 5.34. The van der Waals surface area contributed by atoms with E-state index in [-0.39, 0.29) is 5.54 Å². The highest BCUT2D eigenvalue weighted by Gasteiger charge is 2.46.